The Balaban J connectivity index is 1.57. The number of hydrogen-bond donors (Lipinski definition) is 0. The summed E-state index contributed by atoms with van der Waals surface area (Å²) in [5.74, 6) is 0.213. The van der Waals surface area contributed by atoms with E-state index < -0.39 is 11.2 Å². The molecule has 0 aromatic rings. The van der Waals surface area contributed by atoms with E-state index in [-0.39, 0.29) is 22.8 Å². The van der Waals surface area contributed by atoms with E-state index in [4.69, 9.17) is 9.47 Å². The van der Waals surface area contributed by atoms with Crippen LogP contribution in [-0.4, -0.2) is 23.1 Å². The summed E-state index contributed by atoms with van der Waals surface area (Å²) in [7, 11) is 0. The third kappa shape index (κ3) is 2.55. The molecule has 4 nitrogen and oxygen atoms in total. The zero-order chi connectivity index (χ0) is 24.3. The zero-order valence-electron chi connectivity index (χ0n) is 21.3. The molecule has 0 spiro atoms. The average molecular weight is 463 g/mol. The second-order valence-corrected chi connectivity index (χ2v) is 12.8. The number of esters is 2. The lowest BCUT2D eigenvalue weighted by Gasteiger charge is -2.61. The number of allylic oxidation sites excluding steroid dienone is 2. The van der Waals surface area contributed by atoms with Crippen LogP contribution >= 0.6 is 0 Å². The van der Waals surface area contributed by atoms with Crippen LogP contribution in [0.2, 0.25) is 0 Å². The molecule has 0 aromatic carbocycles. The summed E-state index contributed by atoms with van der Waals surface area (Å²) in [6.07, 6.45) is 9.48. The molecule has 0 unspecified atom stereocenters. The van der Waals surface area contributed by atoms with Gasteiger partial charge in [0.25, 0.3) is 0 Å². The molecular weight excluding hydrogens is 424 g/mol. The number of ether oxygens (including phenoxy) is 2. The topological polar surface area (TPSA) is 52.6 Å². The number of rotatable bonds is 1. The Hall–Kier alpha value is -2.10. The Morgan fingerprint density at radius 2 is 1.12 bits per heavy atom. The van der Waals surface area contributed by atoms with Crippen molar-refractivity contribution in [3.8, 4) is 0 Å². The Kier molecular flexibility index (Phi) is 4.45. The van der Waals surface area contributed by atoms with E-state index in [1.54, 1.807) is 0 Å². The van der Waals surface area contributed by atoms with Crippen LogP contribution in [0.5, 0.6) is 0 Å². The first-order valence-corrected chi connectivity index (χ1v) is 13.2. The van der Waals surface area contributed by atoms with Crippen molar-refractivity contribution in [3.63, 3.8) is 0 Å². The largest absolute Gasteiger partial charge is 0.446 e. The molecule has 4 heteroatoms. The highest BCUT2D eigenvalue weighted by Gasteiger charge is 2.74. The van der Waals surface area contributed by atoms with E-state index in [0.717, 1.165) is 73.7 Å². The monoisotopic (exact) mass is 462 g/mol. The van der Waals surface area contributed by atoms with Crippen LogP contribution in [0.1, 0.15) is 91.9 Å². The van der Waals surface area contributed by atoms with Gasteiger partial charge in [-0.3, -0.25) is 0 Å². The Labute approximate surface area is 203 Å². The van der Waals surface area contributed by atoms with Gasteiger partial charge in [0.15, 0.2) is 11.2 Å². The second kappa shape index (κ2) is 6.77. The summed E-state index contributed by atoms with van der Waals surface area (Å²) in [5, 5.41) is 0. The van der Waals surface area contributed by atoms with Crippen LogP contribution in [0.4, 0.5) is 0 Å². The van der Waals surface area contributed by atoms with E-state index >= 15 is 0 Å². The van der Waals surface area contributed by atoms with Gasteiger partial charge in [-0.25, -0.2) is 9.59 Å². The standard InChI is InChI=1S/C30H38O4/c1-17-9-7-11-27(5)15-29(23(13-21(17)27)19(3)25(31)33-29)30-16-28(6)12-8-10-18(2)22(28)14-24(30)20(4)26(32)34-30/h21-22H,1-2,7-16H2,3-6H3/t21-,22-,27-,28+,29-,30-/m1/s1. The molecule has 6 aliphatic rings. The summed E-state index contributed by atoms with van der Waals surface area (Å²) in [5.41, 5.74) is 4.30. The molecule has 6 rings (SSSR count). The van der Waals surface area contributed by atoms with Gasteiger partial charge in [0.05, 0.1) is 0 Å². The van der Waals surface area contributed by atoms with Gasteiger partial charge >= 0.3 is 11.9 Å². The molecule has 182 valence electrons. The van der Waals surface area contributed by atoms with Gasteiger partial charge in [-0.1, -0.05) is 38.2 Å². The summed E-state index contributed by atoms with van der Waals surface area (Å²) >= 11 is 0. The highest BCUT2D eigenvalue weighted by Crippen LogP contribution is 2.70. The molecule has 0 aromatic heterocycles. The maximum absolute atomic E-state index is 13.3. The molecular formula is C30H38O4. The lowest BCUT2D eigenvalue weighted by Crippen LogP contribution is -2.66. The SMILES string of the molecule is C=C1CCC[C@@]2(C)C[C@@]3([C@@]45C[C@@]6(C)CCCC(=C)[C@H]6CC4=C(C)C(=O)O5)OC(=O)C(C)=C3C[C@H]12. The van der Waals surface area contributed by atoms with Gasteiger partial charge in [-0.05, 0) is 99.0 Å². The molecule has 4 fully saturated rings. The molecule has 0 bridgehead atoms. The summed E-state index contributed by atoms with van der Waals surface area (Å²) in [6, 6.07) is 0. The highest BCUT2D eigenvalue weighted by atomic mass is 16.6. The van der Waals surface area contributed by atoms with Crippen molar-refractivity contribution in [2.24, 2.45) is 22.7 Å². The minimum atomic E-state index is -0.910. The molecule has 0 saturated heterocycles. The Morgan fingerprint density at radius 3 is 1.50 bits per heavy atom. The van der Waals surface area contributed by atoms with Gasteiger partial charge in [0.1, 0.15) is 0 Å². The van der Waals surface area contributed by atoms with Crippen molar-refractivity contribution in [1.82, 2.24) is 0 Å². The van der Waals surface area contributed by atoms with Gasteiger partial charge < -0.3 is 9.47 Å². The third-order valence-electron chi connectivity index (χ3n) is 11.0. The van der Waals surface area contributed by atoms with Crippen LogP contribution in [-0.2, 0) is 19.1 Å². The minimum Gasteiger partial charge on any atom is -0.446 e. The van der Waals surface area contributed by atoms with Crippen molar-refractivity contribution in [3.05, 3.63) is 46.6 Å². The van der Waals surface area contributed by atoms with E-state index in [2.05, 4.69) is 27.0 Å². The molecule has 34 heavy (non-hydrogen) atoms. The Bertz CT molecular complexity index is 1030. The quantitative estimate of drug-likeness (QED) is 0.329. The number of fused-ring (bicyclic) bond motifs is 5. The highest BCUT2D eigenvalue weighted by molar-refractivity contribution is 5.96. The fourth-order valence-corrected chi connectivity index (χ4v) is 9.18. The van der Waals surface area contributed by atoms with E-state index in [0.29, 0.717) is 24.7 Å². The van der Waals surface area contributed by atoms with Crippen molar-refractivity contribution >= 4 is 11.9 Å². The van der Waals surface area contributed by atoms with Crippen LogP contribution in [0, 0.1) is 22.7 Å². The van der Waals surface area contributed by atoms with Crippen LogP contribution in [0.3, 0.4) is 0 Å². The molecule has 2 aliphatic heterocycles. The van der Waals surface area contributed by atoms with E-state index in [9.17, 15) is 9.59 Å². The molecule has 6 atom stereocenters. The van der Waals surface area contributed by atoms with Crippen molar-refractivity contribution in [1.29, 1.82) is 0 Å². The molecule has 0 N–H and O–H groups in total. The maximum Gasteiger partial charge on any atom is 0.334 e. The molecule has 4 saturated carbocycles. The fourth-order valence-electron chi connectivity index (χ4n) is 9.18. The van der Waals surface area contributed by atoms with Crippen molar-refractivity contribution < 1.29 is 19.1 Å². The first-order chi connectivity index (χ1) is 16.0. The average Bonchev–Trinajstić information content (AvgIpc) is 3.16. The predicted octanol–water partition coefficient (Wildman–Crippen LogP) is 6.52. The lowest BCUT2D eigenvalue weighted by atomic mass is 9.46. The Morgan fingerprint density at radius 1 is 0.735 bits per heavy atom. The number of carbonyl (C=O) groups is 2. The smallest absolute Gasteiger partial charge is 0.334 e. The lowest BCUT2D eigenvalue weighted by molar-refractivity contribution is -0.209. The summed E-state index contributed by atoms with van der Waals surface area (Å²) in [6.45, 7) is 17.4. The first-order valence-electron chi connectivity index (χ1n) is 13.2. The van der Waals surface area contributed by atoms with E-state index in [1.165, 1.54) is 11.1 Å². The molecule has 4 aliphatic carbocycles. The number of hydrogen-bond acceptors (Lipinski definition) is 4. The predicted molar refractivity (Wildman–Crippen MR) is 131 cm³/mol. The summed E-state index contributed by atoms with van der Waals surface area (Å²) < 4.78 is 13.1. The molecule has 0 amide bonds. The third-order valence-corrected chi connectivity index (χ3v) is 11.0. The van der Waals surface area contributed by atoms with Gasteiger partial charge in [0, 0.05) is 24.0 Å². The van der Waals surface area contributed by atoms with Crippen LogP contribution in [0.15, 0.2) is 46.6 Å². The van der Waals surface area contributed by atoms with E-state index in [1.807, 2.05) is 13.8 Å². The van der Waals surface area contributed by atoms with Gasteiger partial charge in [-0.15, -0.1) is 0 Å². The first kappa shape index (κ1) is 22.4. The van der Waals surface area contributed by atoms with Gasteiger partial charge in [0.2, 0.25) is 0 Å². The normalized spacial score (nSPS) is 46.0. The van der Waals surface area contributed by atoms with Crippen molar-refractivity contribution in [2.45, 2.75) is 103 Å². The summed E-state index contributed by atoms with van der Waals surface area (Å²) in [4.78, 5) is 26.5. The zero-order valence-corrected chi connectivity index (χ0v) is 21.3. The maximum atomic E-state index is 13.3. The van der Waals surface area contributed by atoms with Crippen LogP contribution < -0.4 is 0 Å². The molecule has 0 radical (unpaired) electrons. The van der Waals surface area contributed by atoms with Crippen molar-refractivity contribution in [2.75, 3.05) is 0 Å². The minimum absolute atomic E-state index is 0.0274. The van der Waals surface area contributed by atoms with Crippen LogP contribution in [0.25, 0.3) is 0 Å². The second-order valence-electron chi connectivity index (χ2n) is 12.8. The molecule has 2 heterocycles. The van der Waals surface area contributed by atoms with Gasteiger partial charge in [-0.2, -0.15) is 0 Å². The fraction of sp³-hybridized carbons (Fsp3) is 0.667. The number of carbonyl (C=O) groups excluding carboxylic acids is 2.